The van der Waals surface area contributed by atoms with E-state index in [-0.39, 0.29) is 21.1 Å². The fraction of sp³-hybridized carbons (Fsp3) is 0.0500. The molecule has 18 aromatic rings. The molecule has 0 aliphatic heterocycles. The number of hydrogen-bond donors (Lipinski definition) is 0. The summed E-state index contributed by atoms with van der Waals surface area (Å²) in [5.74, 6) is 4.44. The van der Waals surface area contributed by atoms with E-state index in [1.54, 1.807) is 0 Å². The van der Waals surface area contributed by atoms with E-state index in [0.29, 0.717) is 11.5 Å². The molecule has 0 unspecified atom stereocenters. The van der Waals surface area contributed by atoms with Crippen molar-refractivity contribution in [3.8, 4) is 57.1 Å². The zero-order valence-corrected chi connectivity index (χ0v) is 67.6. The number of nitrogens with zero attached hydrogens (tertiary/aromatic N) is 8. The maximum Gasteiger partial charge on any atom is 2.00 e. The third-order valence-electron chi connectivity index (χ3n) is 17.7. The molecule has 98 heavy (non-hydrogen) atoms. The summed E-state index contributed by atoms with van der Waals surface area (Å²) in [6.07, 6.45) is 7.63. The zero-order chi connectivity index (χ0) is 66.6. The molecule has 0 saturated carbocycles. The van der Waals surface area contributed by atoms with Crippen molar-refractivity contribution >= 4 is 199 Å². The van der Waals surface area contributed by atoms with Crippen LogP contribution in [-0.4, -0.2) is 101 Å². The molecule has 0 radical (unpaired) electrons. The van der Waals surface area contributed by atoms with Crippen molar-refractivity contribution in [2.24, 2.45) is 0 Å². The number of hydrogen-bond acceptors (Lipinski definition) is 6. The van der Waals surface area contributed by atoms with Crippen LogP contribution in [0.25, 0.3) is 132 Å². The summed E-state index contributed by atoms with van der Waals surface area (Å²) in [6.45, 7) is 8.65. The molecule has 8 heterocycles. The van der Waals surface area contributed by atoms with Crippen LogP contribution in [0.3, 0.4) is 0 Å². The Labute approximate surface area is 643 Å². The molecule has 0 fully saturated rings. The van der Waals surface area contributed by atoms with E-state index in [1.807, 2.05) is 85.5 Å². The standard InChI is InChI=1S/C40H28N4O.C40H26N4O.4ClH.2K.2Pt/c2*1-25-10-9-11-26(2)39(25)37-24-42-40-33-22-27(17-19-29(33)30-12-3-6-15-35(30)44(37)40)45-28-18-20-32-31-13-4-5-14-34(31)43(36(32)23-28)38-16-7-8-21-41-38;;;;;;;;/h3-24H,1-2H3;3-21,24H,1-2H3;4*1H;;;;/q;-2;;;;;;;+2;+4/p-4. The summed E-state index contributed by atoms with van der Waals surface area (Å²) in [7, 11) is 20.0. The van der Waals surface area contributed by atoms with Crippen molar-refractivity contribution in [1.82, 2.24) is 37.9 Å². The Kier molecular flexibility index (Phi) is 20.8. The van der Waals surface area contributed by atoms with Gasteiger partial charge in [0.1, 0.15) is 28.8 Å². The van der Waals surface area contributed by atoms with E-state index in [2.05, 4.69) is 238 Å². The quantitative estimate of drug-likeness (QED) is 0.0856. The molecule has 476 valence electrons. The molecule has 18 heteroatoms. The van der Waals surface area contributed by atoms with Crippen LogP contribution >= 0.6 is 37.7 Å². The number of halogens is 4. The Morgan fingerprint density at radius 3 is 1.35 bits per heavy atom. The third-order valence-corrected chi connectivity index (χ3v) is 17.7. The summed E-state index contributed by atoms with van der Waals surface area (Å²) in [6, 6.07) is 86.6. The van der Waals surface area contributed by atoms with Crippen LogP contribution < -0.4 is 9.47 Å². The Balaban J connectivity index is 0.000000152. The smallest absolute Gasteiger partial charge is 2.00 e. The van der Waals surface area contributed by atoms with E-state index in [9.17, 15) is 0 Å². The van der Waals surface area contributed by atoms with Crippen LogP contribution in [0.4, 0.5) is 0 Å². The molecule has 0 spiro atoms. The van der Waals surface area contributed by atoms with E-state index < -0.39 is 11.9 Å². The molecule has 10 aromatic carbocycles. The summed E-state index contributed by atoms with van der Waals surface area (Å²) < 4.78 is 22.0. The first kappa shape index (κ1) is 69.0. The number of imidazole rings is 2. The van der Waals surface area contributed by atoms with Crippen LogP contribution in [0.5, 0.6) is 23.0 Å². The first-order valence-electron chi connectivity index (χ1n) is 31.7. The van der Waals surface area contributed by atoms with E-state index in [0.717, 1.165) is 122 Å². The van der Waals surface area contributed by atoms with Gasteiger partial charge in [0, 0.05) is 79.9 Å². The second-order valence-electron chi connectivity index (χ2n) is 23.3. The maximum absolute atomic E-state index is 6.60. The number of aryl methyl sites for hydroxylation is 4. The van der Waals surface area contributed by atoms with Gasteiger partial charge in [0.15, 0.2) is 0 Å². The minimum absolute atomic E-state index is 0. The van der Waals surface area contributed by atoms with Crippen molar-refractivity contribution in [2.45, 2.75) is 27.7 Å². The van der Waals surface area contributed by atoms with Crippen molar-refractivity contribution < 1.29 is 42.4 Å². The van der Waals surface area contributed by atoms with E-state index in [1.165, 1.54) is 107 Å². The van der Waals surface area contributed by atoms with Crippen molar-refractivity contribution in [1.29, 1.82) is 0 Å². The number of aromatic nitrogens is 8. The minimum atomic E-state index is -3.06. The van der Waals surface area contributed by atoms with Gasteiger partial charge in [-0.3, -0.25) is 14.0 Å². The fourth-order valence-corrected chi connectivity index (χ4v) is 13.7. The van der Waals surface area contributed by atoms with Crippen LogP contribution in [0, 0.1) is 39.8 Å². The number of ether oxygens (including phenoxy) is 2. The SMILES string of the molecule is Cc1cccc(C)c1-c1cnc2c3[c-]c(Oc4[c-]c5c(cc4)c4ccccc4n5-c4ccccn4)ccc3c3ccccc3n12.Cc1cccc(C)c1-c1cnc2c3cc(Oc4ccc5c6ccccc6n(-c6ccccn6)c5c4)ccc3c3ccccc3n12.[Cl][Pt]([Cl])([Cl])[Cl].[K][K].[Pt+2]. The molecule has 0 saturated heterocycles. The average Bonchev–Trinajstić information content (AvgIpc) is 1.40. The maximum atomic E-state index is 6.60. The van der Waals surface area contributed by atoms with Gasteiger partial charge in [0.2, 0.25) is 0 Å². The predicted molar refractivity (Wildman–Crippen MR) is 400 cm³/mol. The van der Waals surface area contributed by atoms with Gasteiger partial charge in [-0.1, -0.05) is 144 Å². The molecule has 0 bridgehead atoms. The first-order chi connectivity index (χ1) is 47.3. The molecular weight excluding hydrogens is 1720 g/mol. The number of pyridine rings is 4. The van der Waals surface area contributed by atoms with Gasteiger partial charge < -0.3 is 18.4 Å². The molecule has 0 aliphatic rings. The predicted octanol–water partition coefficient (Wildman–Crippen LogP) is 22.0. The number of fused-ring (bicyclic) bond motifs is 18. The van der Waals surface area contributed by atoms with E-state index >= 15 is 0 Å². The normalized spacial score (nSPS) is 11.7. The van der Waals surface area contributed by atoms with Gasteiger partial charge in [-0.05, 0) is 145 Å². The van der Waals surface area contributed by atoms with Gasteiger partial charge in [-0.2, -0.15) is 6.07 Å². The molecule has 18 rings (SSSR count). The Bertz CT molecular complexity index is 5670. The van der Waals surface area contributed by atoms with Gasteiger partial charge in [0.25, 0.3) is 0 Å². The van der Waals surface area contributed by atoms with E-state index in [4.69, 9.17) is 57.1 Å². The molecule has 10 nitrogen and oxygen atoms in total. The van der Waals surface area contributed by atoms with Gasteiger partial charge >= 0.3 is 134 Å². The fourth-order valence-electron chi connectivity index (χ4n) is 13.7. The molecule has 0 N–H and O–H groups in total. The average molecular weight is 1770 g/mol. The molecular formula is C80H54Cl4K2N8O2Pt2. The van der Waals surface area contributed by atoms with Crippen molar-refractivity contribution in [3.63, 3.8) is 0 Å². The monoisotopic (exact) mass is 1770 g/mol. The largest absolute Gasteiger partial charge is 2.00 e. The Hall–Kier alpha value is -6.07. The Morgan fingerprint density at radius 1 is 0.367 bits per heavy atom. The van der Waals surface area contributed by atoms with Crippen LogP contribution in [-0.2, 0) is 33.0 Å². The molecule has 8 aromatic heterocycles. The topological polar surface area (TPSA) is 88.7 Å². The summed E-state index contributed by atoms with van der Waals surface area (Å²) in [5.41, 5.74) is 17.6. The van der Waals surface area contributed by atoms with Crippen molar-refractivity contribution in [2.75, 3.05) is 0 Å². The molecule has 0 atom stereocenters. The van der Waals surface area contributed by atoms with Gasteiger partial charge in [0.05, 0.1) is 39.8 Å². The summed E-state index contributed by atoms with van der Waals surface area (Å²) in [4.78, 5) is 19.3. The van der Waals surface area contributed by atoms with Gasteiger partial charge in [-0.25, -0.2) is 15.0 Å². The number of rotatable bonds is 8. The van der Waals surface area contributed by atoms with Crippen LogP contribution in [0.1, 0.15) is 22.3 Å². The number of para-hydroxylation sites is 4. The first-order valence-corrected chi connectivity index (χ1v) is 58.9. The van der Waals surface area contributed by atoms with Crippen LogP contribution in [0.15, 0.2) is 255 Å². The Morgan fingerprint density at radius 2 is 0.786 bits per heavy atom. The molecule has 0 amide bonds. The van der Waals surface area contributed by atoms with Crippen molar-refractivity contribution in [3.05, 3.63) is 290 Å². The second kappa shape index (κ2) is 29.5. The third kappa shape index (κ3) is 13.2. The summed E-state index contributed by atoms with van der Waals surface area (Å²) in [5, 5.41) is 11.1. The van der Waals surface area contributed by atoms with Gasteiger partial charge in [-0.15, -0.1) is 29.7 Å². The summed E-state index contributed by atoms with van der Waals surface area (Å²) >= 11 is -0.556. The minimum Gasteiger partial charge on any atom is 2.00 e. The number of benzene rings is 10. The zero-order valence-electron chi connectivity index (χ0n) is 53.8. The molecule has 0 aliphatic carbocycles. The van der Waals surface area contributed by atoms with Crippen LogP contribution in [0.2, 0.25) is 0 Å². The second-order valence-corrected chi connectivity index (χ2v) is 43.0.